The van der Waals surface area contributed by atoms with E-state index in [2.05, 4.69) is 20.5 Å². The summed E-state index contributed by atoms with van der Waals surface area (Å²) in [5.74, 6) is 1.86. The molecule has 0 spiro atoms. The number of hydrogen-bond acceptors (Lipinski definition) is 5. The molecule has 1 unspecified atom stereocenters. The number of rotatable bonds is 3. The Hall–Kier alpha value is -1.36. The fourth-order valence-electron chi connectivity index (χ4n) is 3.05. The highest BCUT2D eigenvalue weighted by atomic mass is 15.2. The van der Waals surface area contributed by atoms with Gasteiger partial charge in [-0.15, -0.1) is 0 Å². The third kappa shape index (κ3) is 3.60. The van der Waals surface area contributed by atoms with Crippen LogP contribution in [0.15, 0.2) is 12.3 Å². The average molecular weight is 275 g/mol. The van der Waals surface area contributed by atoms with Crippen molar-refractivity contribution in [3.05, 3.63) is 12.3 Å². The first-order chi connectivity index (χ1) is 9.92. The van der Waals surface area contributed by atoms with Gasteiger partial charge in [0.1, 0.15) is 5.82 Å². The van der Waals surface area contributed by atoms with Gasteiger partial charge in [-0.25, -0.2) is 4.98 Å². The highest BCUT2D eigenvalue weighted by molar-refractivity contribution is 5.43. The third-order valence-corrected chi connectivity index (χ3v) is 4.20. The number of aromatic nitrogens is 2. The van der Waals surface area contributed by atoms with Crippen LogP contribution >= 0.6 is 0 Å². The van der Waals surface area contributed by atoms with Gasteiger partial charge in [0.05, 0.1) is 0 Å². The van der Waals surface area contributed by atoms with Crippen LogP contribution in [-0.4, -0.2) is 42.2 Å². The lowest BCUT2D eigenvalue weighted by Gasteiger charge is -2.25. The van der Waals surface area contributed by atoms with Crippen LogP contribution < -0.4 is 15.5 Å². The summed E-state index contributed by atoms with van der Waals surface area (Å²) >= 11 is 0. The van der Waals surface area contributed by atoms with E-state index in [9.17, 15) is 0 Å². The van der Waals surface area contributed by atoms with Crippen LogP contribution in [0.4, 0.5) is 11.8 Å². The lowest BCUT2D eigenvalue weighted by molar-refractivity contribution is 0.478. The second kappa shape index (κ2) is 6.88. The Morgan fingerprint density at radius 1 is 1.15 bits per heavy atom. The first-order valence-electron chi connectivity index (χ1n) is 7.97. The molecule has 1 atom stereocenters. The van der Waals surface area contributed by atoms with E-state index >= 15 is 0 Å². The van der Waals surface area contributed by atoms with Crippen molar-refractivity contribution in [3.63, 3.8) is 0 Å². The molecule has 0 aliphatic carbocycles. The molecule has 2 saturated heterocycles. The summed E-state index contributed by atoms with van der Waals surface area (Å²) < 4.78 is 0. The van der Waals surface area contributed by atoms with Gasteiger partial charge in [-0.2, -0.15) is 4.98 Å². The van der Waals surface area contributed by atoms with Gasteiger partial charge in [0, 0.05) is 31.9 Å². The van der Waals surface area contributed by atoms with Gasteiger partial charge in [-0.1, -0.05) is 12.8 Å². The minimum Gasteiger partial charge on any atom is -0.356 e. The first kappa shape index (κ1) is 13.6. The molecule has 5 nitrogen and oxygen atoms in total. The molecule has 2 fully saturated rings. The van der Waals surface area contributed by atoms with Gasteiger partial charge in [-0.05, 0) is 38.3 Å². The molecule has 0 radical (unpaired) electrons. The number of hydrogen-bond donors (Lipinski definition) is 2. The number of nitrogens with one attached hydrogen (secondary N) is 2. The number of piperidine rings is 1. The number of nitrogens with zero attached hydrogens (tertiary/aromatic N) is 3. The molecule has 0 saturated carbocycles. The number of anilines is 2. The van der Waals surface area contributed by atoms with Gasteiger partial charge < -0.3 is 15.5 Å². The van der Waals surface area contributed by atoms with Crippen molar-refractivity contribution in [2.45, 2.75) is 44.6 Å². The van der Waals surface area contributed by atoms with E-state index in [0.717, 1.165) is 37.9 Å². The van der Waals surface area contributed by atoms with E-state index in [-0.39, 0.29) is 0 Å². The van der Waals surface area contributed by atoms with Crippen LogP contribution in [0, 0.1) is 0 Å². The van der Waals surface area contributed by atoms with Crippen LogP contribution in [0.1, 0.15) is 38.5 Å². The van der Waals surface area contributed by atoms with Gasteiger partial charge in [-0.3, -0.25) is 0 Å². The van der Waals surface area contributed by atoms with Crippen LogP contribution in [0.3, 0.4) is 0 Å². The summed E-state index contributed by atoms with van der Waals surface area (Å²) in [5, 5.41) is 6.88. The van der Waals surface area contributed by atoms with Crippen molar-refractivity contribution in [2.75, 3.05) is 36.4 Å². The summed E-state index contributed by atoms with van der Waals surface area (Å²) in [4.78, 5) is 11.5. The molecule has 2 aliphatic rings. The van der Waals surface area contributed by atoms with Crippen molar-refractivity contribution in [1.29, 1.82) is 0 Å². The van der Waals surface area contributed by atoms with E-state index in [4.69, 9.17) is 4.98 Å². The van der Waals surface area contributed by atoms with Gasteiger partial charge >= 0.3 is 0 Å². The maximum atomic E-state index is 4.71. The standard InChI is InChI=1S/C15H25N5/c1-2-4-11-20(10-3-1)14-7-9-17-15(19-14)18-13-6-5-8-16-12-13/h7,9,13,16H,1-6,8,10-12H2,(H,17,18,19). The minimum atomic E-state index is 0.461. The van der Waals surface area contributed by atoms with Crippen LogP contribution in [0.25, 0.3) is 0 Å². The van der Waals surface area contributed by atoms with E-state index < -0.39 is 0 Å². The molecule has 0 bridgehead atoms. The zero-order chi connectivity index (χ0) is 13.6. The predicted octanol–water partition coefficient (Wildman–Crippen LogP) is 2.02. The second-order valence-electron chi connectivity index (χ2n) is 5.83. The Kier molecular flexibility index (Phi) is 4.69. The second-order valence-corrected chi connectivity index (χ2v) is 5.83. The van der Waals surface area contributed by atoms with Crippen LogP contribution in [0.5, 0.6) is 0 Å². The highest BCUT2D eigenvalue weighted by Gasteiger charge is 2.15. The normalized spacial score (nSPS) is 24.2. The Morgan fingerprint density at radius 3 is 2.75 bits per heavy atom. The van der Waals surface area contributed by atoms with Crippen molar-refractivity contribution >= 4 is 11.8 Å². The zero-order valence-corrected chi connectivity index (χ0v) is 12.1. The maximum Gasteiger partial charge on any atom is 0.224 e. The van der Waals surface area contributed by atoms with E-state index in [1.54, 1.807) is 0 Å². The minimum absolute atomic E-state index is 0.461. The van der Waals surface area contributed by atoms with Crippen molar-refractivity contribution in [3.8, 4) is 0 Å². The largest absolute Gasteiger partial charge is 0.356 e. The Labute approximate surface area is 121 Å². The Bertz CT molecular complexity index is 408. The zero-order valence-electron chi connectivity index (χ0n) is 12.1. The summed E-state index contributed by atoms with van der Waals surface area (Å²) in [7, 11) is 0. The Morgan fingerprint density at radius 2 is 2.00 bits per heavy atom. The molecule has 110 valence electrons. The van der Waals surface area contributed by atoms with Crippen molar-refractivity contribution in [1.82, 2.24) is 15.3 Å². The quantitative estimate of drug-likeness (QED) is 0.884. The summed E-state index contributed by atoms with van der Waals surface area (Å²) in [5.41, 5.74) is 0. The molecule has 1 aromatic rings. The SMILES string of the molecule is c1cc(N2CCCCCC2)nc(NC2CCCNC2)n1. The van der Waals surface area contributed by atoms with E-state index in [0.29, 0.717) is 6.04 Å². The fourth-order valence-corrected chi connectivity index (χ4v) is 3.05. The molecular formula is C15H25N5. The van der Waals surface area contributed by atoms with Gasteiger partial charge in [0.15, 0.2) is 0 Å². The third-order valence-electron chi connectivity index (χ3n) is 4.20. The Balaban J connectivity index is 1.65. The van der Waals surface area contributed by atoms with E-state index in [1.165, 1.54) is 38.5 Å². The highest BCUT2D eigenvalue weighted by Crippen LogP contribution is 2.18. The van der Waals surface area contributed by atoms with E-state index in [1.807, 2.05) is 12.3 Å². The van der Waals surface area contributed by atoms with Crippen LogP contribution in [-0.2, 0) is 0 Å². The molecule has 20 heavy (non-hydrogen) atoms. The molecule has 0 aromatic carbocycles. The lowest BCUT2D eigenvalue weighted by Crippen LogP contribution is -2.39. The lowest BCUT2D eigenvalue weighted by atomic mass is 10.1. The summed E-state index contributed by atoms with van der Waals surface area (Å²) in [6.07, 6.45) is 9.55. The molecule has 0 amide bonds. The summed E-state index contributed by atoms with van der Waals surface area (Å²) in [6.45, 7) is 4.40. The topological polar surface area (TPSA) is 53.1 Å². The predicted molar refractivity (Wildman–Crippen MR) is 82.2 cm³/mol. The molecule has 3 rings (SSSR count). The molecule has 1 aromatic heterocycles. The molecular weight excluding hydrogens is 250 g/mol. The van der Waals surface area contributed by atoms with Crippen LogP contribution in [0.2, 0.25) is 0 Å². The molecule has 2 N–H and O–H groups in total. The van der Waals surface area contributed by atoms with Gasteiger partial charge in [0.2, 0.25) is 5.95 Å². The smallest absolute Gasteiger partial charge is 0.224 e. The fraction of sp³-hybridized carbons (Fsp3) is 0.733. The maximum absolute atomic E-state index is 4.71. The first-order valence-corrected chi connectivity index (χ1v) is 7.97. The van der Waals surface area contributed by atoms with Crippen molar-refractivity contribution < 1.29 is 0 Å². The summed E-state index contributed by atoms with van der Waals surface area (Å²) in [6, 6.07) is 2.50. The average Bonchev–Trinajstić information content (AvgIpc) is 2.78. The molecule has 5 heteroatoms. The van der Waals surface area contributed by atoms with Gasteiger partial charge in [0.25, 0.3) is 0 Å². The van der Waals surface area contributed by atoms with Crippen molar-refractivity contribution in [2.24, 2.45) is 0 Å². The monoisotopic (exact) mass is 275 g/mol. The molecule has 3 heterocycles. The molecule has 2 aliphatic heterocycles.